The summed E-state index contributed by atoms with van der Waals surface area (Å²) >= 11 is 0. The monoisotopic (exact) mass is 862 g/mol. The van der Waals surface area contributed by atoms with Crippen molar-refractivity contribution in [3.63, 3.8) is 0 Å². The molecule has 3 aliphatic carbocycles. The molecule has 12 heteroatoms. The van der Waals surface area contributed by atoms with Gasteiger partial charge in [0.15, 0.2) is 17.5 Å². The van der Waals surface area contributed by atoms with Crippen molar-refractivity contribution in [2.75, 3.05) is 18.8 Å². The van der Waals surface area contributed by atoms with Gasteiger partial charge in [0.1, 0.15) is 11.0 Å². The highest BCUT2D eigenvalue weighted by atomic mass is 33.1. The molecule has 2 aromatic carbocycles. The van der Waals surface area contributed by atoms with Crippen LogP contribution in [0.1, 0.15) is 152 Å². The molecule has 7 rings (SSSR count). The van der Waals surface area contributed by atoms with Crippen molar-refractivity contribution < 1.29 is 29.3 Å². The maximum atomic E-state index is 14.1. The molecule has 330 valence electrons. The fourth-order valence-corrected chi connectivity index (χ4v) is 14.7. The molecule has 2 heterocycles. The molecule has 0 radical (unpaired) electrons. The minimum absolute atomic E-state index is 0.0379. The molecule has 2 aliphatic heterocycles. The van der Waals surface area contributed by atoms with Crippen LogP contribution in [-0.2, 0) is 33.7 Å². The fraction of sp³-hybridized carbons (Fsp3) is 0.688. The zero-order valence-electron chi connectivity index (χ0n) is 36.0. The maximum absolute atomic E-state index is 14.1. The molecule has 5 N–H and O–H groups in total. The van der Waals surface area contributed by atoms with Gasteiger partial charge in [0.2, 0.25) is 5.91 Å². The summed E-state index contributed by atoms with van der Waals surface area (Å²) in [6, 6.07) is 14.3. The SMILES string of the molecule is CC(=O)OC1CCc2cc(c(O)c(OC3CCCC3)c2)CN2CC(Cc3ccccc3)(CCN=C(N)NC3(CCCC34CCCC4)SSCCCCCCC(O)C1)CC2=O. The minimum Gasteiger partial charge on any atom is -0.504 e. The molecule has 4 unspecified atom stereocenters. The van der Waals surface area contributed by atoms with E-state index in [4.69, 9.17) is 20.2 Å². The zero-order valence-corrected chi connectivity index (χ0v) is 37.6. The summed E-state index contributed by atoms with van der Waals surface area (Å²) in [4.78, 5) is 33.1. The Hall–Kier alpha value is -3.09. The first-order chi connectivity index (χ1) is 29.0. The van der Waals surface area contributed by atoms with E-state index in [0.29, 0.717) is 68.9 Å². The summed E-state index contributed by atoms with van der Waals surface area (Å²) in [5.74, 6) is 1.82. The number of rotatable bonds is 5. The predicted octanol–water partition coefficient (Wildman–Crippen LogP) is 9.37. The lowest BCUT2D eigenvalue weighted by Gasteiger charge is -2.44. The average Bonchev–Trinajstić information content (AvgIpc) is 4.03. The van der Waals surface area contributed by atoms with Crippen LogP contribution in [0.5, 0.6) is 11.5 Å². The number of ether oxygens (including phenoxy) is 2. The number of phenolic OH excluding ortho intramolecular Hbond substituents is 1. The first-order valence-corrected chi connectivity index (χ1v) is 25.4. The third-order valence-corrected chi connectivity index (χ3v) is 17.5. The lowest BCUT2D eigenvalue weighted by molar-refractivity contribution is -0.148. The van der Waals surface area contributed by atoms with E-state index in [-0.39, 0.29) is 46.0 Å². The quantitative estimate of drug-likeness (QED) is 0.169. The van der Waals surface area contributed by atoms with Crippen LogP contribution in [0, 0.1) is 10.8 Å². The van der Waals surface area contributed by atoms with Gasteiger partial charge in [-0.1, -0.05) is 90.1 Å². The van der Waals surface area contributed by atoms with Crippen LogP contribution in [0.4, 0.5) is 0 Å². The number of phenols is 1. The van der Waals surface area contributed by atoms with E-state index in [0.717, 1.165) is 75.5 Å². The number of aryl methyl sites for hydroxylation is 1. The van der Waals surface area contributed by atoms with Crippen molar-refractivity contribution in [3.8, 4) is 11.5 Å². The lowest BCUT2D eigenvalue weighted by Crippen LogP contribution is -2.55. The smallest absolute Gasteiger partial charge is 0.302 e. The van der Waals surface area contributed by atoms with E-state index in [2.05, 4.69) is 29.6 Å². The number of aliphatic hydroxyl groups excluding tert-OH is 1. The van der Waals surface area contributed by atoms with Gasteiger partial charge in [0.25, 0.3) is 0 Å². The van der Waals surface area contributed by atoms with Crippen LogP contribution in [0.25, 0.3) is 0 Å². The van der Waals surface area contributed by atoms with Crippen molar-refractivity contribution in [1.82, 2.24) is 10.2 Å². The maximum Gasteiger partial charge on any atom is 0.302 e. The van der Waals surface area contributed by atoms with E-state index in [1.165, 1.54) is 51.0 Å². The summed E-state index contributed by atoms with van der Waals surface area (Å²) in [6.07, 6.45) is 19.8. The summed E-state index contributed by atoms with van der Waals surface area (Å²) in [5.41, 5.74) is 9.51. The number of guanidine groups is 1. The van der Waals surface area contributed by atoms with E-state index < -0.39 is 12.2 Å². The van der Waals surface area contributed by atoms with E-state index in [9.17, 15) is 19.8 Å². The Bertz CT molecular complexity index is 1760. The van der Waals surface area contributed by atoms with E-state index in [1.54, 1.807) is 0 Å². The number of esters is 1. The summed E-state index contributed by atoms with van der Waals surface area (Å²) in [5, 5.41) is 26.7. The third-order valence-electron chi connectivity index (χ3n) is 14.2. The first-order valence-electron chi connectivity index (χ1n) is 23.1. The predicted molar refractivity (Wildman–Crippen MR) is 243 cm³/mol. The van der Waals surface area contributed by atoms with Gasteiger partial charge in [-0.3, -0.25) is 14.6 Å². The molecule has 60 heavy (non-hydrogen) atoms. The van der Waals surface area contributed by atoms with Gasteiger partial charge in [-0.25, -0.2) is 0 Å². The highest BCUT2D eigenvalue weighted by Crippen LogP contribution is 2.63. The Labute approximate surface area is 366 Å². The van der Waals surface area contributed by atoms with Crippen LogP contribution in [0.2, 0.25) is 0 Å². The van der Waals surface area contributed by atoms with Crippen molar-refractivity contribution in [1.29, 1.82) is 0 Å². The van der Waals surface area contributed by atoms with Gasteiger partial charge in [-0.05, 0) is 114 Å². The Balaban J connectivity index is 1.17. The number of carbonyl (C=O) groups excluding carboxylic acids is 2. The molecule has 3 saturated carbocycles. The number of nitrogens with two attached hydrogens (primary N) is 1. The van der Waals surface area contributed by atoms with Crippen LogP contribution >= 0.6 is 21.6 Å². The van der Waals surface area contributed by atoms with Crippen LogP contribution in [-0.4, -0.2) is 75.0 Å². The van der Waals surface area contributed by atoms with Crippen LogP contribution in [0.15, 0.2) is 47.5 Å². The van der Waals surface area contributed by atoms with Crippen LogP contribution in [0.3, 0.4) is 0 Å². The van der Waals surface area contributed by atoms with Crippen molar-refractivity contribution in [2.45, 2.75) is 178 Å². The molecule has 2 aromatic rings. The minimum atomic E-state index is -0.560. The second kappa shape index (κ2) is 20.9. The number of nitrogens with one attached hydrogen (secondary N) is 1. The van der Waals surface area contributed by atoms with Gasteiger partial charge < -0.3 is 35.6 Å². The highest BCUT2D eigenvalue weighted by molar-refractivity contribution is 8.77. The van der Waals surface area contributed by atoms with Gasteiger partial charge in [0, 0.05) is 61.5 Å². The molecular formula is C48H70N4O6S2. The second-order valence-corrected chi connectivity index (χ2v) is 21.5. The molecule has 5 aliphatic rings. The van der Waals surface area contributed by atoms with Gasteiger partial charge in [-0.15, -0.1) is 0 Å². The molecule has 4 bridgehead atoms. The summed E-state index contributed by atoms with van der Waals surface area (Å²) in [7, 11) is 3.97. The normalized spacial score (nSPS) is 29.1. The number of amides is 1. The number of hydrogen-bond donors (Lipinski definition) is 4. The number of aliphatic hydroxyl groups is 1. The Morgan fingerprint density at radius 2 is 1.68 bits per heavy atom. The van der Waals surface area contributed by atoms with Crippen molar-refractivity contribution >= 4 is 39.4 Å². The van der Waals surface area contributed by atoms with Gasteiger partial charge in [-0.2, -0.15) is 0 Å². The molecule has 4 atom stereocenters. The van der Waals surface area contributed by atoms with Crippen molar-refractivity contribution in [2.24, 2.45) is 21.6 Å². The molecule has 1 saturated heterocycles. The van der Waals surface area contributed by atoms with E-state index >= 15 is 0 Å². The number of aromatic hydroxyl groups is 1. The molecular weight excluding hydrogens is 793 g/mol. The molecule has 10 nitrogen and oxygen atoms in total. The summed E-state index contributed by atoms with van der Waals surface area (Å²) < 4.78 is 12.2. The molecule has 4 fully saturated rings. The highest BCUT2D eigenvalue weighted by Gasteiger charge is 2.57. The lowest BCUT2D eigenvalue weighted by atomic mass is 9.78. The van der Waals surface area contributed by atoms with Gasteiger partial charge in [0.05, 0.1) is 12.2 Å². The number of fused-ring (bicyclic) bond motifs is 5. The topological polar surface area (TPSA) is 147 Å². The Morgan fingerprint density at radius 3 is 2.47 bits per heavy atom. The third kappa shape index (κ3) is 11.5. The molecule has 2 spiro atoms. The fourth-order valence-electron chi connectivity index (χ4n) is 11.1. The van der Waals surface area contributed by atoms with E-state index in [1.807, 2.05) is 44.7 Å². The zero-order chi connectivity index (χ0) is 42.0. The number of hydrogen-bond acceptors (Lipinski definition) is 11. The standard InChI is InChI=1S/C48H70N4O6S2/c1-35(53)57-41-20-19-37-28-38(44(56)42(29-37)58-40-17-8-9-18-40)33-52-34-46(32-43(52)55,31-36-14-5-4-6-15-36)25-26-50-45(49)51-48(24-13-23-47(48)21-10-11-22-47)60-59-27-12-3-2-7-16-39(54)30-41/h4-6,14-15,28-29,39-41,54,56H,2-3,7-13,16-27,30-34H2,1H3,(H3,49,50,51). The Kier molecular flexibility index (Phi) is 15.6. The number of benzene rings is 2. The van der Waals surface area contributed by atoms with Crippen LogP contribution < -0.4 is 15.8 Å². The number of aliphatic imine (C=N–C) groups is 1. The average molecular weight is 863 g/mol. The Morgan fingerprint density at radius 1 is 0.933 bits per heavy atom. The first kappa shape index (κ1) is 44.9. The number of nitrogens with zero attached hydrogens (tertiary/aromatic N) is 2. The largest absolute Gasteiger partial charge is 0.504 e. The second-order valence-electron chi connectivity index (χ2n) is 18.8. The molecule has 0 aromatic heterocycles. The summed E-state index contributed by atoms with van der Waals surface area (Å²) in [6.45, 7) is 2.74. The van der Waals surface area contributed by atoms with Gasteiger partial charge >= 0.3 is 5.97 Å². The number of carbonyl (C=O) groups is 2. The molecule has 1 amide bonds. The van der Waals surface area contributed by atoms with Crippen molar-refractivity contribution in [3.05, 3.63) is 59.2 Å².